The van der Waals surface area contributed by atoms with Crippen molar-refractivity contribution in [2.75, 3.05) is 40.3 Å². The average Bonchev–Trinajstić information content (AvgIpc) is 2.35. The highest BCUT2D eigenvalue weighted by Gasteiger charge is 2.23. The van der Waals surface area contributed by atoms with E-state index in [1.165, 1.54) is 39.0 Å². The number of nitrogens with zero attached hydrogens (tertiary/aromatic N) is 2. The Balaban J connectivity index is 2.35. The van der Waals surface area contributed by atoms with E-state index in [2.05, 4.69) is 50.0 Å². The molecule has 17 heavy (non-hydrogen) atoms. The van der Waals surface area contributed by atoms with Crippen molar-refractivity contribution in [3.8, 4) is 0 Å². The van der Waals surface area contributed by atoms with Crippen LogP contribution in [-0.4, -0.2) is 62.2 Å². The van der Waals surface area contributed by atoms with Gasteiger partial charge in [-0.15, -0.1) is 0 Å². The zero-order chi connectivity index (χ0) is 12.8. The van der Waals surface area contributed by atoms with Gasteiger partial charge in [0, 0.05) is 18.6 Å². The summed E-state index contributed by atoms with van der Waals surface area (Å²) in [4.78, 5) is 5.12. The molecule has 0 amide bonds. The Hall–Kier alpha value is -0.120. The van der Waals surface area contributed by atoms with Gasteiger partial charge < -0.3 is 15.1 Å². The van der Waals surface area contributed by atoms with Crippen molar-refractivity contribution in [1.82, 2.24) is 15.1 Å². The molecule has 1 saturated heterocycles. The third kappa shape index (κ3) is 4.57. The predicted molar refractivity (Wildman–Crippen MR) is 75.5 cm³/mol. The van der Waals surface area contributed by atoms with E-state index in [4.69, 9.17) is 0 Å². The summed E-state index contributed by atoms with van der Waals surface area (Å²) in [5.74, 6) is 0.707. The van der Waals surface area contributed by atoms with Crippen LogP contribution in [0.4, 0.5) is 0 Å². The summed E-state index contributed by atoms with van der Waals surface area (Å²) in [6.45, 7) is 11.8. The Morgan fingerprint density at radius 3 is 2.29 bits per heavy atom. The highest BCUT2D eigenvalue weighted by Crippen LogP contribution is 2.16. The largest absolute Gasteiger partial charge is 0.315 e. The van der Waals surface area contributed by atoms with Gasteiger partial charge in [-0.3, -0.25) is 0 Å². The van der Waals surface area contributed by atoms with E-state index in [0.717, 1.165) is 6.04 Å². The molecule has 0 aromatic heterocycles. The van der Waals surface area contributed by atoms with Gasteiger partial charge in [0.1, 0.15) is 0 Å². The molecule has 3 nitrogen and oxygen atoms in total. The number of nitrogens with one attached hydrogen (secondary N) is 1. The number of likely N-dealkylation sites (tertiary alicyclic amines) is 1. The summed E-state index contributed by atoms with van der Waals surface area (Å²) in [6.07, 6.45) is 2.66. The van der Waals surface area contributed by atoms with E-state index in [9.17, 15) is 0 Å². The number of hydrogen-bond acceptors (Lipinski definition) is 3. The Kier molecular flexibility index (Phi) is 6.45. The number of rotatable bonds is 6. The van der Waals surface area contributed by atoms with Crippen molar-refractivity contribution in [3.05, 3.63) is 0 Å². The van der Waals surface area contributed by atoms with Crippen molar-refractivity contribution in [1.29, 1.82) is 0 Å². The lowest BCUT2D eigenvalue weighted by atomic mass is 10.00. The van der Waals surface area contributed by atoms with Crippen molar-refractivity contribution in [2.24, 2.45) is 5.92 Å². The van der Waals surface area contributed by atoms with Gasteiger partial charge in [0.2, 0.25) is 0 Å². The fraction of sp³-hybridized carbons (Fsp3) is 1.00. The molecule has 0 saturated carbocycles. The first-order valence-corrected chi connectivity index (χ1v) is 7.18. The molecule has 1 unspecified atom stereocenters. The molecule has 0 radical (unpaired) electrons. The summed E-state index contributed by atoms with van der Waals surface area (Å²) in [5.41, 5.74) is 0. The maximum Gasteiger partial charge on any atom is 0.0214 e. The van der Waals surface area contributed by atoms with E-state index in [0.29, 0.717) is 12.0 Å². The van der Waals surface area contributed by atoms with Gasteiger partial charge in [-0.1, -0.05) is 20.8 Å². The number of hydrogen-bond donors (Lipinski definition) is 1. The lowest BCUT2D eigenvalue weighted by Gasteiger charge is -2.38. The predicted octanol–water partition coefficient (Wildman–Crippen LogP) is 1.65. The van der Waals surface area contributed by atoms with Gasteiger partial charge in [-0.05, 0) is 52.5 Å². The molecular formula is C14H31N3. The van der Waals surface area contributed by atoms with Crippen LogP contribution in [0.5, 0.6) is 0 Å². The van der Waals surface area contributed by atoms with Crippen molar-refractivity contribution >= 4 is 0 Å². The fourth-order valence-corrected chi connectivity index (χ4v) is 2.77. The van der Waals surface area contributed by atoms with Crippen LogP contribution in [0.3, 0.4) is 0 Å². The second-order valence-electron chi connectivity index (χ2n) is 5.74. The third-order valence-electron chi connectivity index (χ3n) is 4.29. The topological polar surface area (TPSA) is 18.5 Å². The molecule has 0 bridgehead atoms. The zero-order valence-electron chi connectivity index (χ0n) is 12.4. The second kappa shape index (κ2) is 7.34. The lowest BCUT2D eigenvalue weighted by molar-refractivity contribution is 0.118. The van der Waals surface area contributed by atoms with Crippen LogP contribution in [0.25, 0.3) is 0 Å². The molecule has 0 spiro atoms. The maximum atomic E-state index is 3.44. The van der Waals surface area contributed by atoms with Gasteiger partial charge in [0.25, 0.3) is 0 Å². The van der Waals surface area contributed by atoms with Crippen molar-refractivity contribution in [3.63, 3.8) is 0 Å². The first-order chi connectivity index (χ1) is 8.08. The van der Waals surface area contributed by atoms with E-state index in [-0.39, 0.29) is 0 Å². The van der Waals surface area contributed by atoms with Crippen molar-refractivity contribution < 1.29 is 0 Å². The standard InChI is InChI=1S/C14H31N3/c1-6-17-9-7-13(8-10-17)16(5)11-14(15-4)12(2)3/h12-15H,6-11H2,1-5H3. The quantitative estimate of drug-likeness (QED) is 0.763. The van der Waals surface area contributed by atoms with Gasteiger partial charge in [0.05, 0.1) is 0 Å². The monoisotopic (exact) mass is 241 g/mol. The van der Waals surface area contributed by atoms with Crippen LogP contribution in [0.15, 0.2) is 0 Å². The van der Waals surface area contributed by atoms with Crippen LogP contribution in [0.2, 0.25) is 0 Å². The molecule has 0 aromatic rings. The van der Waals surface area contributed by atoms with E-state index in [1.807, 2.05) is 0 Å². The Morgan fingerprint density at radius 1 is 1.29 bits per heavy atom. The molecule has 1 N–H and O–H groups in total. The summed E-state index contributed by atoms with van der Waals surface area (Å²) in [5, 5.41) is 3.44. The molecule has 0 aliphatic carbocycles. The van der Waals surface area contributed by atoms with Crippen molar-refractivity contribution in [2.45, 2.75) is 45.7 Å². The first kappa shape index (κ1) is 14.9. The molecule has 3 heteroatoms. The SMILES string of the molecule is CCN1CCC(N(C)CC(NC)C(C)C)CC1. The summed E-state index contributed by atoms with van der Waals surface area (Å²) >= 11 is 0. The first-order valence-electron chi connectivity index (χ1n) is 7.18. The Labute approximate surface area is 108 Å². The van der Waals surface area contributed by atoms with Crippen LogP contribution in [-0.2, 0) is 0 Å². The van der Waals surface area contributed by atoms with Gasteiger partial charge in [0.15, 0.2) is 0 Å². The van der Waals surface area contributed by atoms with Crippen LogP contribution in [0.1, 0.15) is 33.6 Å². The molecular weight excluding hydrogens is 210 g/mol. The summed E-state index contributed by atoms with van der Waals surface area (Å²) in [6, 6.07) is 1.40. The highest BCUT2D eigenvalue weighted by atomic mass is 15.2. The molecule has 1 aliphatic heterocycles. The third-order valence-corrected chi connectivity index (χ3v) is 4.29. The summed E-state index contributed by atoms with van der Waals surface area (Å²) < 4.78 is 0. The van der Waals surface area contributed by atoms with Gasteiger partial charge >= 0.3 is 0 Å². The normalized spacial score (nSPS) is 21.4. The Morgan fingerprint density at radius 2 is 1.88 bits per heavy atom. The smallest absolute Gasteiger partial charge is 0.0214 e. The van der Waals surface area contributed by atoms with E-state index >= 15 is 0 Å². The van der Waals surface area contributed by atoms with Gasteiger partial charge in [-0.2, -0.15) is 0 Å². The van der Waals surface area contributed by atoms with Crippen LogP contribution in [0, 0.1) is 5.92 Å². The van der Waals surface area contributed by atoms with E-state index in [1.54, 1.807) is 0 Å². The second-order valence-corrected chi connectivity index (χ2v) is 5.74. The molecule has 1 atom stereocenters. The average molecular weight is 241 g/mol. The molecule has 1 aliphatic rings. The highest BCUT2D eigenvalue weighted by molar-refractivity contribution is 4.81. The van der Waals surface area contributed by atoms with Crippen LogP contribution >= 0.6 is 0 Å². The van der Waals surface area contributed by atoms with Gasteiger partial charge in [-0.25, -0.2) is 0 Å². The maximum absolute atomic E-state index is 3.44. The van der Waals surface area contributed by atoms with E-state index < -0.39 is 0 Å². The minimum Gasteiger partial charge on any atom is -0.315 e. The fourth-order valence-electron chi connectivity index (χ4n) is 2.77. The minimum atomic E-state index is 0.615. The molecule has 0 aromatic carbocycles. The molecule has 1 fully saturated rings. The Bertz CT molecular complexity index is 198. The zero-order valence-corrected chi connectivity index (χ0v) is 12.4. The number of likely N-dealkylation sites (N-methyl/N-ethyl adjacent to an activating group) is 2. The molecule has 102 valence electrons. The molecule has 1 rings (SSSR count). The van der Waals surface area contributed by atoms with Crippen LogP contribution < -0.4 is 5.32 Å². The lowest BCUT2D eigenvalue weighted by Crippen LogP contribution is -2.48. The molecule has 1 heterocycles. The summed E-state index contributed by atoms with van der Waals surface area (Å²) in [7, 11) is 4.37. The minimum absolute atomic E-state index is 0.615. The number of piperidine rings is 1.